The van der Waals surface area contributed by atoms with Crippen LogP contribution in [0.5, 0.6) is 5.75 Å². The van der Waals surface area contributed by atoms with Crippen LogP contribution in [0, 0.1) is 13.8 Å². The monoisotopic (exact) mass is 369 g/mol. The minimum Gasteiger partial charge on any atom is -0.478 e. The van der Waals surface area contributed by atoms with Crippen molar-refractivity contribution in [2.45, 2.75) is 20.5 Å². The minimum atomic E-state index is -2.87. The second-order valence-corrected chi connectivity index (χ2v) is 6.11. The van der Waals surface area contributed by atoms with Crippen LogP contribution in [0.25, 0.3) is 23.1 Å². The lowest BCUT2D eigenvalue weighted by Gasteiger charge is -2.12. The molecule has 0 saturated heterocycles. The Morgan fingerprint density at radius 2 is 1.78 bits per heavy atom. The zero-order valence-electron chi connectivity index (χ0n) is 14.7. The fraction of sp³-hybridized carbons (Fsp3) is 0.143. The third kappa shape index (κ3) is 4.11. The molecular weight excluding hydrogens is 352 g/mol. The molecule has 1 aromatic heterocycles. The number of fused-ring (bicyclic) bond motifs is 1. The number of aryl methyl sites for hydroxylation is 2. The van der Waals surface area contributed by atoms with Gasteiger partial charge >= 0.3 is 12.6 Å². The van der Waals surface area contributed by atoms with Gasteiger partial charge in [0.15, 0.2) is 0 Å². The molecule has 27 heavy (non-hydrogen) atoms. The fourth-order valence-corrected chi connectivity index (χ4v) is 2.99. The van der Waals surface area contributed by atoms with Gasteiger partial charge in [-0.05, 0) is 60.9 Å². The van der Waals surface area contributed by atoms with Crippen LogP contribution < -0.4 is 4.74 Å². The second-order valence-electron chi connectivity index (χ2n) is 6.11. The van der Waals surface area contributed by atoms with Gasteiger partial charge in [-0.1, -0.05) is 24.3 Å². The number of ether oxygens (including phenoxy) is 1. The van der Waals surface area contributed by atoms with Crippen LogP contribution in [0.4, 0.5) is 8.78 Å². The van der Waals surface area contributed by atoms with E-state index in [4.69, 9.17) is 0 Å². The number of pyridine rings is 1. The highest BCUT2D eigenvalue weighted by molar-refractivity contribution is 6.03. The lowest BCUT2D eigenvalue weighted by Crippen LogP contribution is -2.05. The number of hydrogen-bond acceptors (Lipinski definition) is 3. The van der Waals surface area contributed by atoms with E-state index in [1.165, 1.54) is 6.07 Å². The normalized spacial score (nSPS) is 11.4. The molecule has 0 amide bonds. The van der Waals surface area contributed by atoms with Crippen LogP contribution in [0.15, 0.2) is 42.5 Å². The molecule has 138 valence electrons. The molecule has 0 radical (unpaired) electrons. The number of nitrogens with zero attached hydrogens (tertiary/aromatic N) is 1. The minimum absolute atomic E-state index is 0.166. The fourth-order valence-electron chi connectivity index (χ4n) is 2.99. The Morgan fingerprint density at radius 3 is 2.41 bits per heavy atom. The summed E-state index contributed by atoms with van der Waals surface area (Å²) in [7, 11) is 0. The van der Waals surface area contributed by atoms with E-state index in [0.717, 1.165) is 5.56 Å². The average molecular weight is 369 g/mol. The molecular formula is C21H17F2NO3. The molecule has 1 heterocycles. The van der Waals surface area contributed by atoms with Gasteiger partial charge in [0.25, 0.3) is 0 Å². The average Bonchev–Trinajstić information content (AvgIpc) is 2.62. The van der Waals surface area contributed by atoms with Crippen LogP contribution in [0.2, 0.25) is 0 Å². The first-order chi connectivity index (χ1) is 12.8. The van der Waals surface area contributed by atoms with Gasteiger partial charge in [-0.2, -0.15) is 8.78 Å². The Kier molecular flexibility index (Phi) is 5.16. The maximum Gasteiger partial charge on any atom is 0.387 e. The Labute approximate surface area is 154 Å². The van der Waals surface area contributed by atoms with Crippen molar-refractivity contribution in [1.82, 2.24) is 4.98 Å². The molecule has 0 aliphatic heterocycles. The first kappa shape index (κ1) is 18.5. The number of carbonyl (C=O) groups is 1. The second kappa shape index (κ2) is 7.53. The van der Waals surface area contributed by atoms with Crippen molar-refractivity contribution in [3.05, 3.63) is 70.4 Å². The van der Waals surface area contributed by atoms with Crippen LogP contribution >= 0.6 is 0 Å². The van der Waals surface area contributed by atoms with E-state index in [-0.39, 0.29) is 11.3 Å². The standard InChI is InChI=1S/C21H17F2NO3/c1-12-9-14(10-13(2)19(12)27-21(22)23)7-8-15-11-17(20(25)26)16-5-3-4-6-18(16)24-15/h3-11,21H,1-2H3,(H,25,26). The topological polar surface area (TPSA) is 59.4 Å². The van der Waals surface area contributed by atoms with E-state index in [1.54, 1.807) is 62.4 Å². The van der Waals surface area contributed by atoms with Gasteiger partial charge in [0.1, 0.15) is 5.75 Å². The third-order valence-electron chi connectivity index (χ3n) is 4.10. The summed E-state index contributed by atoms with van der Waals surface area (Å²) < 4.78 is 29.5. The lowest BCUT2D eigenvalue weighted by molar-refractivity contribution is -0.0507. The van der Waals surface area contributed by atoms with Crippen LogP contribution in [-0.2, 0) is 0 Å². The maximum absolute atomic E-state index is 12.5. The van der Waals surface area contributed by atoms with E-state index in [2.05, 4.69) is 9.72 Å². The van der Waals surface area contributed by atoms with Gasteiger partial charge in [-0.25, -0.2) is 9.78 Å². The quantitative estimate of drug-likeness (QED) is 0.661. The Bertz CT molecular complexity index is 1020. The number of aromatic carboxylic acids is 1. The molecule has 0 saturated carbocycles. The number of aromatic nitrogens is 1. The summed E-state index contributed by atoms with van der Waals surface area (Å²) in [6, 6.07) is 12.0. The number of benzene rings is 2. The van der Waals surface area contributed by atoms with Crippen molar-refractivity contribution in [3.63, 3.8) is 0 Å². The molecule has 1 N–H and O–H groups in total. The van der Waals surface area contributed by atoms with Crippen LogP contribution in [0.1, 0.15) is 32.7 Å². The number of carboxylic acids is 1. The zero-order valence-corrected chi connectivity index (χ0v) is 14.7. The van der Waals surface area contributed by atoms with Crippen molar-refractivity contribution >= 4 is 29.0 Å². The van der Waals surface area contributed by atoms with E-state index < -0.39 is 12.6 Å². The zero-order chi connectivity index (χ0) is 19.6. The van der Waals surface area contributed by atoms with Gasteiger partial charge in [0, 0.05) is 5.39 Å². The molecule has 6 heteroatoms. The molecule has 0 unspecified atom stereocenters. The van der Waals surface area contributed by atoms with E-state index in [9.17, 15) is 18.7 Å². The summed E-state index contributed by atoms with van der Waals surface area (Å²) >= 11 is 0. The molecule has 0 fully saturated rings. The molecule has 0 bridgehead atoms. The van der Waals surface area contributed by atoms with Crippen molar-refractivity contribution in [2.75, 3.05) is 0 Å². The first-order valence-corrected chi connectivity index (χ1v) is 8.22. The predicted octanol–water partition coefficient (Wildman–Crippen LogP) is 5.32. The number of para-hydroxylation sites is 1. The summed E-state index contributed by atoms with van der Waals surface area (Å²) in [6.45, 7) is 0.512. The first-order valence-electron chi connectivity index (χ1n) is 8.22. The summed E-state index contributed by atoms with van der Waals surface area (Å²) in [5, 5.41) is 10.0. The highest BCUT2D eigenvalue weighted by atomic mass is 19.3. The maximum atomic E-state index is 12.5. The summed E-state index contributed by atoms with van der Waals surface area (Å²) in [5.74, 6) is -0.859. The van der Waals surface area contributed by atoms with E-state index >= 15 is 0 Å². The van der Waals surface area contributed by atoms with Crippen LogP contribution in [-0.4, -0.2) is 22.7 Å². The van der Waals surface area contributed by atoms with Gasteiger partial charge in [-0.3, -0.25) is 0 Å². The number of alkyl halides is 2. The number of hydrogen-bond donors (Lipinski definition) is 1. The smallest absolute Gasteiger partial charge is 0.387 e. The van der Waals surface area contributed by atoms with Crippen molar-refractivity contribution in [2.24, 2.45) is 0 Å². The van der Waals surface area contributed by atoms with Gasteiger partial charge in [0.2, 0.25) is 0 Å². The number of halogens is 2. The molecule has 0 aliphatic rings. The van der Waals surface area contributed by atoms with E-state index in [0.29, 0.717) is 27.7 Å². The predicted molar refractivity (Wildman–Crippen MR) is 100 cm³/mol. The Balaban J connectivity index is 1.98. The highest BCUT2D eigenvalue weighted by Crippen LogP contribution is 2.27. The Morgan fingerprint density at radius 1 is 1.11 bits per heavy atom. The van der Waals surface area contributed by atoms with Crippen molar-refractivity contribution in [3.8, 4) is 5.75 Å². The molecule has 3 rings (SSSR count). The number of rotatable bonds is 5. The molecule has 0 atom stereocenters. The highest BCUT2D eigenvalue weighted by Gasteiger charge is 2.12. The third-order valence-corrected chi connectivity index (χ3v) is 4.10. The molecule has 3 aromatic rings. The van der Waals surface area contributed by atoms with Crippen molar-refractivity contribution < 1.29 is 23.4 Å². The summed E-state index contributed by atoms with van der Waals surface area (Å²) in [4.78, 5) is 16.0. The largest absolute Gasteiger partial charge is 0.478 e. The summed E-state index contributed by atoms with van der Waals surface area (Å²) in [6.07, 6.45) is 3.45. The molecule has 0 aliphatic carbocycles. The van der Waals surface area contributed by atoms with Gasteiger partial charge in [-0.15, -0.1) is 0 Å². The molecule has 2 aromatic carbocycles. The molecule has 0 spiro atoms. The lowest BCUT2D eigenvalue weighted by atomic mass is 10.0. The number of carboxylic acid groups (broad SMARTS) is 1. The Hall–Kier alpha value is -3.28. The van der Waals surface area contributed by atoms with E-state index in [1.807, 2.05) is 0 Å². The van der Waals surface area contributed by atoms with Crippen molar-refractivity contribution in [1.29, 1.82) is 0 Å². The van der Waals surface area contributed by atoms with Gasteiger partial charge in [0.05, 0.1) is 16.8 Å². The van der Waals surface area contributed by atoms with Gasteiger partial charge < -0.3 is 9.84 Å². The summed E-state index contributed by atoms with van der Waals surface area (Å²) in [5.41, 5.74) is 3.21. The molecule has 4 nitrogen and oxygen atoms in total. The van der Waals surface area contributed by atoms with Crippen LogP contribution in [0.3, 0.4) is 0 Å². The SMILES string of the molecule is Cc1cc(C=Cc2cc(C(=O)O)c3ccccc3n2)cc(C)c1OC(F)F.